The third kappa shape index (κ3) is 3.95. The Morgan fingerprint density at radius 2 is 1.55 bits per heavy atom. The van der Waals surface area contributed by atoms with Crippen molar-refractivity contribution in [2.75, 3.05) is 10.6 Å². The Kier molecular flexibility index (Phi) is 4.98. The van der Waals surface area contributed by atoms with E-state index in [0.29, 0.717) is 11.4 Å². The summed E-state index contributed by atoms with van der Waals surface area (Å²) in [6, 6.07) is 11.0. The first kappa shape index (κ1) is 16.2. The van der Waals surface area contributed by atoms with E-state index in [2.05, 4.69) is 26.6 Å². The molecule has 0 atom stereocenters. The largest absolute Gasteiger partial charge is 0.318 e. The number of aryl methyl sites for hydroxylation is 3. The molecule has 0 aliphatic carbocycles. The molecule has 0 saturated heterocycles. The van der Waals surface area contributed by atoms with E-state index < -0.39 is 11.8 Å². The lowest BCUT2D eigenvalue weighted by atomic mass is 10.1. The van der Waals surface area contributed by atoms with Crippen LogP contribution in [-0.2, 0) is 9.59 Å². The van der Waals surface area contributed by atoms with Gasteiger partial charge in [0.05, 0.1) is 5.69 Å². The average molecular weight is 361 g/mol. The van der Waals surface area contributed by atoms with Gasteiger partial charge in [-0.25, -0.2) is 0 Å². The number of rotatable bonds is 2. The van der Waals surface area contributed by atoms with Gasteiger partial charge in [-0.2, -0.15) is 0 Å². The van der Waals surface area contributed by atoms with E-state index in [1.165, 1.54) is 0 Å². The number of carbonyl (C=O) groups excluding carboxylic acids is 2. The molecule has 0 aliphatic rings. The van der Waals surface area contributed by atoms with Gasteiger partial charge in [-0.3, -0.25) is 9.59 Å². The summed E-state index contributed by atoms with van der Waals surface area (Å²) in [5.41, 5.74) is 4.41. The predicted molar refractivity (Wildman–Crippen MR) is 92.1 cm³/mol. The Balaban J connectivity index is 2.05. The quantitative estimate of drug-likeness (QED) is 0.796. The van der Waals surface area contributed by atoms with Crippen LogP contribution in [0.25, 0.3) is 0 Å². The molecular formula is C17H17BrN2O2. The Labute approximate surface area is 138 Å². The molecule has 2 rings (SSSR count). The molecule has 2 aromatic carbocycles. The van der Waals surface area contributed by atoms with Crippen LogP contribution in [0.15, 0.2) is 40.9 Å². The number of benzene rings is 2. The Bertz CT molecular complexity index is 741. The molecule has 0 bridgehead atoms. The fraction of sp³-hybridized carbons (Fsp3) is 0.176. The fourth-order valence-corrected chi connectivity index (χ4v) is 2.50. The zero-order chi connectivity index (χ0) is 16.3. The van der Waals surface area contributed by atoms with Crippen LogP contribution in [0.4, 0.5) is 11.4 Å². The van der Waals surface area contributed by atoms with E-state index in [-0.39, 0.29) is 0 Å². The number of anilines is 2. The van der Waals surface area contributed by atoms with Gasteiger partial charge in [0.15, 0.2) is 0 Å². The molecule has 114 valence electrons. The van der Waals surface area contributed by atoms with Gasteiger partial charge in [-0.1, -0.05) is 12.1 Å². The van der Waals surface area contributed by atoms with Gasteiger partial charge in [-0.15, -0.1) is 0 Å². The minimum absolute atomic E-state index is 0.561. The molecule has 0 aromatic heterocycles. The standard InChI is InChI=1S/C17H17BrN2O2/c1-10-4-7-15(14(18)8-10)20-17(22)16(21)19-13-6-5-11(2)12(3)9-13/h4-9H,1-3H3,(H,19,21)(H,20,22). The number of halogens is 1. The van der Waals surface area contributed by atoms with E-state index >= 15 is 0 Å². The molecule has 0 unspecified atom stereocenters. The molecule has 2 N–H and O–H groups in total. The van der Waals surface area contributed by atoms with Crippen molar-refractivity contribution in [1.82, 2.24) is 0 Å². The van der Waals surface area contributed by atoms with Gasteiger partial charge in [0, 0.05) is 10.2 Å². The maximum atomic E-state index is 12.0. The first-order valence-corrected chi connectivity index (χ1v) is 7.62. The Hall–Kier alpha value is -2.14. The molecule has 0 fully saturated rings. The number of amides is 2. The van der Waals surface area contributed by atoms with Crippen molar-refractivity contribution in [3.8, 4) is 0 Å². The smallest absolute Gasteiger partial charge is 0.314 e. The third-order valence-electron chi connectivity index (χ3n) is 3.34. The van der Waals surface area contributed by atoms with Crippen LogP contribution < -0.4 is 10.6 Å². The predicted octanol–water partition coefficient (Wildman–Crippen LogP) is 3.95. The number of nitrogens with one attached hydrogen (secondary N) is 2. The van der Waals surface area contributed by atoms with Crippen molar-refractivity contribution in [3.63, 3.8) is 0 Å². The average Bonchev–Trinajstić information content (AvgIpc) is 2.45. The highest BCUT2D eigenvalue weighted by molar-refractivity contribution is 9.10. The highest BCUT2D eigenvalue weighted by atomic mass is 79.9. The summed E-state index contributed by atoms with van der Waals surface area (Å²) in [6.45, 7) is 5.89. The van der Waals surface area contributed by atoms with E-state index in [9.17, 15) is 9.59 Å². The van der Waals surface area contributed by atoms with Gasteiger partial charge >= 0.3 is 11.8 Å². The molecule has 2 aromatic rings. The van der Waals surface area contributed by atoms with E-state index in [1.54, 1.807) is 12.1 Å². The Morgan fingerprint density at radius 1 is 0.864 bits per heavy atom. The SMILES string of the molecule is Cc1ccc(NC(=O)C(=O)Nc2ccc(C)c(C)c2)c(Br)c1. The molecule has 2 amide bonds. The molecule has 0 saturated carbocycles. The van der Waals surface area contributed by atoms with Crippen LogP contribution in [0.2, 0.25) is 0 Å². The second kappa shape index (κ2) is 6.75. The monoisotopic (exact) mass is 360 g/mol. The normalized spacial score (nSPS) is 10.2. The second-order valence-electron chi connectivity index (χ2n) is 5.19. The molecule has 0 spiro atoms. The summed E-state index contributed by atoms with van der Waals surface area (Å²) < 4.78 is 0.736. The molecule has 4 nitrogen and oxygen atoms in total. The first-order valence-electron chi connectivity index (χ1n) is 6.82. The lowest BCUT2D eigenvalue weighted by Crippen LogP contribution is -2.29. The highest BCUT2D eigenvalue weighted by Crippen LogP contribution is 2.23. The summed E-state index contributed by atoms with van der Waals surface area (Å²) in [4.78, 5) is 23.9. The zero-order valence-corrected chi connectivity index (χ0v) is 14.2. The van der Waals surface area contributed by atoms with Crippen molar-refractivity contribution in [3.05, 3.63) is 57.6 Å². The van der Waals surface area contributed by atoms with Crippen molar-refractivity contribution in [1.29, 1.82) is 0 Å². The number of hydrogen-bond acceptors (Lipinski definition) is 2. The summed E-state index contributed by atoms with van der Waals surface area (Å²) in [6.07, 6.45) is 0. The van der Waals surface area contributed by atoms with E-state index in [4.69, 9.17) is 0 Å². The second-order valence-corrected chi connectivity index (χ2v) is 6.04. The van der Waals surface area contributed by atoms with Crippen molar-refractivity contribution < 1.29 is 9.59 Å². The topological polar surface area (TPSA) is 58.2 Å². The third-order valence-corrected chi connectivity index (χ3v) is 4.00. The maximum absolute atomic E-state index is 12.0. The van der Waals surface area contributed by atoms with Crippen LogP contribution >= 0.6 is 15.9 Å². The number of hydrogen-bond donors (Lipinski definition) is 2. The fourth-order valence-electron chi connectivity index (χ4n) is 1.91. The molecule has 0 aliphatic heterocycles. The summed E-state index contributed by atoms with van der Waals surface area (Å²) in [7, 11) is 0. The first-order chi connectivity index (χ1) is 10.4. The van der Waals surface area contributed by atoms with Gasteiger partial charge in [-0.05, 0) is 77.7 Å². The number of carbonyl (C=O) groups is 2. The lowest BCUT2D eigenvalue weighted by molar-refractivity contribution is -0.133. The molecule has 5 heteroatoms. The van der Waals surface area contributed by atoms with E-state index in [1.807, 2.05) is 45.0 Å². The van der Waals surface area contributed by atoms with Crippen molar-refractivity contribution in [2.45, 2.75) is 20.8 Å². The lowest BCUT2D eigenvalue weighted by Gasteiger charge is -2.09. The molecular weight excluding hydrogens is 344 g/mol. The minimum atomic E-state index is -0.706. The van der Waals surface area contributed by atoms with Gasteiger partial charge < -0.3 is 10.6 Å². The summed E-state index contributed by atoms with van der Waals surface area (Å²) in [5, 5.41) is 5.18. The minimum Gasteiger partial charge on any atom is -0.318 e. The van der Waals surface area contributed by atoms with Crippen LogP contribution in [-0.4, -0.2) is 11.8 Å². The highest BCUT2D eigenvalue weighted by Gasteiger charge is 2.15. The van der Waals surface area contributed by atoms with Gasteiger partial charge in [0.1, 0.15) is 0 Å². The van der Waals surface area contributed by atoms with Crippen LogP contribution in [0.1, 0.15) is 16.7 Å². The van der Waals surface area contributed by atoms with Gasteiger partial charge in [0.2, 0.25) is 0 Å². The van der Waals surface area contributed by atoms with Crippen LogP contribution in [0, 0.1) is 20.8 Å². The maximum Gasteiger partial charge on any atom is 0.314 e. The van der Waals surface area contributed by atoms with E-state index in [0.717, 1.165) is 21.2 Å². The van der Waals surface area contributed by atoms with Crippen LogP contribution in [0.3, 0.4) is 0 Å². The van der Waals surface area contributed by atoms with Crippen LogP contribution in [0.5, 0.6) is 0 Å². The molecule has 22 heavy (non-hydrogen) atoms. The molecule has 0 heterocycles. The Morgan fingerprint density at radius 3 is 2.18 bits per heavy atom. The molecule has 0 radical (unpaired) electrons. The zero-order valence-electron chi connectivity index (χ0n) is 12.7. The van der Waals surface area contributed by atoms with Crippen molar-refractivity contribution >= 4 is 39.1 Å². The van der Waals surface area contributed by atoms with Crippen molar-refractivity contribution in [2.24, 2.45) is 0 Å². The summed E-state index contributed by atoms with van der Waals surface area (Å²) >= 11 is 3.36. The summed E-state index contributed by atoms with van der Waals surface area (Å²) in [5.74, 6) is -1.40. The van der Waals surface area contributed by atoms with Gasteiger partial charge in [0.25, 0.3) is 0 Å².